The summed E-state index contributed by atoms with van der Waals surface area (Å²) in [5.74, 6) is 1.19. The molecule has 11 heteroatoms. The van der Waals surface area contributed by atoms with Crippen molar-refractivity contribution in [2.75, 3.05) is 23.0 Å². The Kier molecular flexibility index (Phi) is 6.57. The fourth-order valence-electron chi connectivity index (χ4n) is 4.32. The van der Waals surface area contributed by atoms with E-state index in [9.17, 15) is 12.8 Å². The lowest BCUT2D eigenvalue weighted by Crippen LogP contribution is -2.29. The number of pyridine rings is 1. The molecule has 2 aromatic carbocycles. The fourth-order valence-corrected chi connectivity index (χ4v) is 5.23. The Morgan fingerprint density at radius 1 is 1.11 bits per heavy atom. The number of rotatable bonds is 7. The number of ether oxygens (including phenoxy) is 1. The first-order valence-electron chi connectivity index (χ1n) is 11.3. The molecule has 3 heterocycles. The molecule has 1 aliphatic rings. The quantitative estimate of drug-likeness (QED) is 0.316. The van der Waals surface area contributed by atoms with Crippen molar-refractivity contribution in [3.05, 3.63) is 96.3 Å². The smallest absolute Gasteiger partial charge is 0.229 e. The van der Waals surface area contributed by atoms with Gasteiger partial charge in [-0.1, -0.05) is 6.07 Å². The molecule has 1 aliphatic heterocycles. The average Bonchev–Trinajstić information content (AvgIpc) is 3.49. The third-order valence-corrected chi connectivity index (χ3v) is 6.81. The summed E-state index contributed by atoms with van der Waals surface area (Å²) in [6.07, 6.45) is 2.78. The van der Waals surface area contributed by atoms with Gasteiger partial charge in [0.15, 0.2) is 5.11 Å². The largest absolute Gasteiger partial charge is 0.494 e. The third kappa shape index (κ3) is 5.13. The molecule has 5 rings (SSSR count). The molecule has 2 unspecified atom stereocenters. The lowest BCUT2D eigenvalue weighted by atomic mass is 10.0. The SMILES string of the molecule is COc1cc(N2C(=S)NC(c3ccccn3)C2c2ccc(-c3ccc(F)cc3)o2)ccc1NS(C)(=O)=O. The van der Waals surface area contributed by atoms with E-state index in [1.54, 1.807) is 36.5 Å². The van der Waals surface area contributed by atoms with Crippen LogP contribution in [0.2, 0.25) is 0 Å². The minimum atomic E-state index is -3.51. The summed E-state index contributed by atoms with van der Waals surface area (Å²) in [6.45, 7) is 0. The Hall–Kier alpha value is -3.96. The van der Waals surface area contributed by atoms with Crippen LogP contribution in [0.4, 0.5) is 15.8 Å². The first-order valence-corrected chi connectivity index (χ1v) is 13.6. The van der Waals surface area contributed by atoms with Gasteiger partial charge in [0, 0.05) is 23.5 Å². The van der Waals surface area contributed by atoms with Crippen molar-refractivity contribution in [3.8, 4) is 17.1 Å². The van der Waals surface area contributed by atoms with E-state index in [1.807, 2.05) is 35.2 Å². The molecule has 1 fully saturated rings. The van der Waals surface area contributed by atoms with Gasteiger partial charge in [-0.15, -0.1) is 0 Å². The van der Waals surface area contributed by atoms with E-state index >= 15 is 0 Å². The highest BCUT2D eigenvalue weighted by Gasteiger charge is 2.42. The van der Waals surface area contributed by atoms with Crippen LogP contribution in [0.5, 0.6) is 5.75 Å². The number of nitrogens with zero attached hydrogens (tertiary/aromatic N) is 2. The monoisotopic (exact) mass is 538 g/mol. The Bertz CT molecular complexity index is 1540. The van der Waals surface area contributed by atoms with Gasteiger partial charge in [0.1, 0.15) is 29.1 Å². The third-order valence-electron chi connectivity index (χ3n) is 5.90. The number of nitrogens with one attached hydrogen (secondary N) is 2. The molecule has 2 atom stereocenters. The van der Waals surface area contributed by atoms with E-state index in [-0.39, 0.29) is 11.9 Å². The summed E-state index contributed by atoms with van der Waals surface area (Å²) in [5, 5.41) is 3.78. The number of aromatic nitrogens is 1. The van der Waals surface area contributed by atoms with Crippen LogP contribution in [0.25, 0.3) is 11.3 Å². The summed E-state index contributed by atoms with van der Waals surface area (Å²) in [6, 6.07) is 19.7. The van der Waals surface area contributed by atoms with E-state index in [2.05, 4.69) is 15.0 Å². The van der Waals surface area contributed by atoms with E-state index < -0.39 is 16.1 Å². The van der Waals surface area contributed by atoms with Gasteiger partial charge in [0.2, 0.25) is 10.0 Å². The van der Waals surface area contributed by atoms with Crippen LogP contribution in [-0.2, 0) is 10.0 Å². The van der Waals surface area contributed by atoms with Gasteiger partial charge in [-0.3, -0.25) is 9.71 Å². The lowest BCUT2D eigenvalue weighted by Gasteiger charge is -2.26. The van der Waals surface area contributed by atoms with Crippen LogP contribution in [0.1, 0.15) is 23.5 Å². The fraction of sp³-hybridized carbons (Fsp3) is 0.154. The molecule has 0 aliphatic carbocycles. The van der Waals surface area contributed by atoms with Crippen LogP contribution in [0.15, 0.2) is 83.4 Å². The highest BCUT2D eigenvalue weighted by molar-refractivity contribution is 7.92. The van der Waals surface area contributed by atoms with Crippen LogP contribution in [0.3, 0.4) is 0 Å². The maximum atomic E-state index is 13.4. The molecule has 190 valence electrons. The molecule has 0 radical (unpaired) electrons. The molecule has 37 heavy (non-hydrogen) atoms. The zero-order valence-corrected chi connectivity index (χ0v) is 21.5. The van der Waals surface area contributed by atoms with Crippen molar-refractivity contribution in [1.29, 1.82) is 0 Å². The number of hydrogen-bond donors (Lipinski definition) is 2. The number of anilines is 2. The minimum absolute atomic E-state index is 0.307. The molecule has 8 nitrogen and oxygen atoms in total. The second-order valence-corrected chi connectivity index (χ2v) is 10.6. The number of halogens is 1. The van der Waals surface area contributed by atoms with Crippen LogP contribution in [-0.4, -0.2) is 31.9 Å². The normalized spacial score (nSPS) is 17.5. The number of hydrogen-bond acceptors (Lipinski definition) is 6. The Morgan fingerprint density at radius 2 is 1.89 bits per heavy atom. The van der Waals surface area contributed by atoms with E-state index in [1.165, 1.54) is 19.2 Å². The van der Waals surface area contributed by atoms with Gasteiger partial charge < -0.3 is 19.4 Å². The van der Waals surface area contributed by atoms with Crippen molar-refractivity contribution in [2.45, 2.75) is 12.1 Å². The molecule has 4 aromatic rings. The lowest BCUT2D eigenvalue weighted by molar-refractivity contribution is 0.416. The van der Waals surface area contributed by atoms with Crippen LogP contribution < -0.4 is 19.7 Å². The highest BCUT2D eigenvalue weighted by Crippen LogP contribution is 2.44. The summed E-state index contributed by atoms with van der Waals surface area (Å²) >= 11 is 5.74. The summed E-state index contributed by atoms with van der Waals surface area (Å²) in [7, 11) is -2.04. The topological polar surface area (TPSA) is 96.7 Å². The summed E-state index contributed by atoms with van der Waals surface area (Å²) < 4.78 is 51.2. The average molecular weight is 539 g/mol. The molecular formula is C26H23FN4O4S2. The van der Waals surface area contributed by atoms with Gasteiger partial charge in [-0.25, -0.2) is 12.8 Å². The van der Waals surface area contributed by atoms with E-state index in [0.717, 1.165) is 17.5 Å². The molecule has 0 spiro atoms. The van der Waals surface area contributed by atoms with E-state index in [0.29, 0.717) is 33.8 Å². The van der Waals surface area contributed by atoms with Gasteiger partial charge >= 0.3 is 0 Å². The Morgan fingerprint density at radius 3 is 2.57 bits per heavy atom. The van der Waals surface area contributed by atoms with Crippen molar-refractivity contribution in [3.63, 3.8) is 0 Å². The standard InChI is InChI=1S/C26H23FN4O4S2/c1-34-23-15-18(10-11-19(23)30-37(2,32)33)31-25(24(29-26(31)36)20-5-3-4-14-28-20)22-13-12-21(35-22)16-6-8-17(27)9-7-16/h3-15,24-25,30H,1-2H3,(H,29,36). The number of sulfonamides is 1. The Labute approximate surface area is 219 Å². The van der Waals surface area contributed by atoms with E-state index in [4.69, 9.17) is 21.4 Å². The highest BCUT2D eigenvalue weighted by atomic mass is 32.2. The second-order valence-electron chi connectivity index (χ2n) is 8.46. The second kappa shape index (κ2) is 9.83. The molecule has 0 bridgehead atoms. The van der Waals surface area contributed by atoms with Gasteiger partial charge in [-0.2, -0.15) is 0 Å². The van der Waals surface area contributed by atoms with Gasteiger partial charge in [0.05, 0.1) is 30.8 Å². The molecule has 0 amide bonds. The first kappa shape index (κ1) is 24.7. The zero-order chi connectivity index (χ0) is 26.2. The number of thiocarbonyl (C=S) groups is 1. The predicted octanol–water partition coefficient (Wildman–Crippen LogP) is 5.04. The van der Waals surface area contributed by atoms with Crippen molar-refractivity contribution >= 4 is 38.7 Å². The molecular weight excluding hydrogens is 515 g/mol. The molecule has 1 saturated heterocycles. The number of furan rings is 1. The first-order chi connectivity index (χ1) is 17.7. The molecule has 0 saturated carbocycles. The minimum Gasteiger partial charge on any atom is -0.494 e. The maximum Gasteiger partial charge on any atom is 0.229 e. The van der Waals surface area contributed by atoms with Crippen LogP contribution >= 0.6 is 12.2 Å². The summed E-state index contributed by atoms with van der Waals surface area (Å²) in [4.78, 5) is 6.41. The summed E-state index contributed by atoms with van der Waals surface area (Å²) in [5.41, 5.74) is 2.47. The Balaban J connectivity index is 1.59. The number of methoxy groups -OCH3 is 1. The zero-order valence-electron chi connectivity index (χ0n) is 19.9. The molecule has 2 N–H and O–H groups in total. The van der Waals surface area contributed by atoms with Gasteiger partial charge in [-0.05, 0) is 72.9 Å². The maximum absolute atomic E-state index is 13.4. The predicted molar refractivity (Wildman–Crippen MR) is 143 cm³/mol. The van der Waals surface area contributed by atoms with Gasteiger partial charge in [0.25, 0.3) is 0 Å². The van der Waals surface area contributed by atoms with Crippen LogP contribution in [0, 0.1) is 5.82 Å². The number of benzene rings is 2. The van der Waals surface area contributed by atoms with Crippen molar-refractivity contribution in [1.82, 2.24) is 10.3 Å². The van der Waals surface area contributed by atoms with Crippen molar-refractivity contribution < 1.29 is 22.0 Å². The molecule has 2 aromatic heterocycles. The van der Waals surface area contributed by atoms with Crippen molar-refractivity contribution in [2.24, 2.45) is 0 Å².